The molecular weight excluding hydrogens is 1590 g/mol. The Morgan fingerprint density at radius 3 is 0.447 bits per heavy atom. The number of hydrogen-bond donors (Lipinski definition) is 0. The normalized spacial score (nSPS) is 11.0. The van der Waals surface area contributed by atoms with Crippen LogP contribution < -0.4 is 19.6 Å². The van der Waals surface area contributed by atoms with E-state index in [0.717, 1.165) is 84.9 Å². The van der Waals surface area contributed by atoms with Gasteiger partial charge in [0.2, 0.25) is 0 Å². The first kappa shape index (κ1) is 81.6. The largest absolute Gasteiger partial charge is 0.310 e. The van der Waals surface area contributed by atoms with Gasteiger partial charge >= 0.3 is 0 Å². The van der Waals surface area contributed by atoms with Crippen LogP contribution in [0, 0.1) is 0 Å². The first-order valence-corrected chi connectivity index (χ1v) is 45.1. The molecule has 624 valence electrons. The molecule has 0 saturated heterocycles. The summed E-state index contributed by atoms with van der Waals surface area (Å²) < 4.78 is 0. The Labute approximate surface area is 773 Å². The van der Waals surface area contributed by atoms with E-state index in [2.05, 4.69) is 578 Å². The van der Waals surface area contributed by atoms with Crippen LogP contribution >= 0.6 is 0 Å². The fourth-order valence-electron chi connectivity index (χ4n) is 18.2. The monoisotopic (exact) mass is 1680 g/mol. The molecule has 22 aromatic rings. The highest BCUT2D eigenvalue weighted by Gasteiger charge is 2.25. The molecule has 22 rings (SSSR count). The minimum Gasteiger partial charge on any atom is -0.310 e. The number of nitrogens with zero attached hydrogens (tertiary/aromatic N) is 4. The molecule has 0 unspecified atom stereocenters. The molecule has 0 amide bonds. The van der Waals surface area contributed by atoms with Crippen LogP contribution in [0.4, 0.5) is 68.2 Å². The molecule has 22 aromatic carbocycles. The van der Waals surface area contributed by atoms with Crippen molar-refractivity contribution in [3.63, 3.8) is 0 Å². The van der Waals surface area contributed by atoms with Gasteiger partial charge in [-0.3, -0.25) is 0 Å². The Bertz CT molecular complexity index is 7450. The van der Waals surface area contributed by atoms with Crippen molar-refractivity contribution in [2.24, 2.45) is 0 Å². The molecule has 132 heavy (non-hydrogen) atoms. The summed E-state index contributed by atoms with van der Waals surface area (Å²) in [4.78, 5) is 9.58. The van der Waals surface area contributed by atoms with E-state index >= 15 is 0 Å². The van der Waals surface area contributed by atoms with Gasteiger partial charge in [0.15, 0.2) is 0 Å². The van der Waals surface area contributed by atoms with Crippen LogP contribution in [-0.4, -0.2) is 0 Å². The van der Waals surface area contributed by atoms with Gasteiger partial charge in [-0.05, 0) is 266 Å². The second-order valence-electron chi connectivity index (χ2n) is 33.2. The minimum absolute atomic E-state index is 1.04. The molecule has 0 spiro atoms. The van der Waals surface area contributed by atoms with Crippen LogP contribution in [0.15, 0.2) is 558 Å². The summed E-state index contributed by atoms with van der Waals surface area (Å²) in [6.07, 6.45) is 0. The summed E-state index contributed by atoms with van der Waals surface area (Å²) >= 11 is 0. The maximum Gasteiger partial charge on any atom is 0.0488 e. The summed E-state index contributed by atoms with van der Waals surface area (Å²) in [5.74, 6) is 0. The van der Waals surface area contributed by atoms with E-state index in [1.165, 1.54) is 116 Å². The topological polar surface area (TPSA) is 13.0 Å². The molecule has 0 radical (unpaired) electrons. The average Bonchev–Trinajstić information content (AvgIpc) is 0.764. The number of benzene rings is 22. The zero-order chi connectivity index (χ0) is 88.1. The van der Waals surface area contributed by atoms with Gasteiger partial charge < -0.3 is 19.6 Å². The van der Waals surface area contributed by atoms with Gasteiger partial charge in [0.05, 0.1) is 0 Å². The maximum absolute atomic E-state index is 2.41. The fourth-order valence-corrected chi connectivity index (χ4v) is 18.2. The molecule has 4 heteroatoms. The molecular formula is C128H92N4. The van der Waals surface area contributed by atoms with Gasteiger partial charge in [-0.1, -0.05) is 425 Å². The quantitative estimate of drug-likeness (QED) is 0.0670. The van der Waals surface area contributed by atoms with Crippen LogP contribution in [-0.2, 0) is 0 Å². The second-order valence-corrected chi connectivity index (χ2v) is 33.2. The lowest BCUT2D eigenvalue weighted by molar-refractivity contribution is 1.25. The first-order chi connectivity index (χ1) is 65.4. The van der Waals surface area contributed by atoms with Crippen molar-refractivity contribution in [3.05, 3.63) is 558 Å². The van der Waals surface area contributed by atoms with Crippen LogP contribution in [0.1, 0.15) is 0 Å². The number of fused-ring (bicyclic) bond motifs is 2. The summed E-state index contributed by atoms with van der Waals surface area (Å²) in [5, 5.41) is 4.83. The lowest BCUT2D eigenvalue weighted by Gasteiger charge is -2.31. The second kappa shape index (κ2) is 38.0. The molecule has 0 aliphatic rings. The summed E-state index contributed by atoms with van der Waals surface area (Å²) in [6, 6.07) is 201. The van der Waals surface area contributed by atoms with Gasteiger partial charge in [-0.25, -0.2) is 0 Å². The van der Waals surface area contributed by atoms with Crippen molar-refractivity contribution in [2.75, 3.05) is 19.6 Å². The van der Waals surface area contributed by atoms with Crippen molar-refractivity contribution >= 4 is 89.8 Å². The molecule has 0 N–H and O–H groups in total. The molecule has 0 fully saturated rings. The van der Waals surface area contributed by atoms with Gasteiger partial charge in [0.25, 0.3) is 0 Å². The first-order valence-electron chi connectivity index (χ1n) is 45.1. The third-order valence-electron chi connectivity index (χ3n) is 24.9. The van der Waals surface area contributed by atoms with Crippen molar-refractivity contribution in [2.45, 2.75) is 0 Å². The summed E-state index contributed by atoms with van der Waals surface area (Å²) in [6.45, 7) is 0. The van der Waals surface area contributed by atoms with Crippen molar-refractivity contribution < 1.29 is 0 Å². The van der Waals surface area contributed by atoms with E-state index in [4.69, 9.17) is 0 Å². The van der Waals surface area contributed by atoms with Crippen LogP contribution in [0.25, 0.3) is 133 Å². The Kier molecular flexibility index (Phi) is 23.5. The van der Waals surface area contributed by atoms with E-state index in [1.807, 2.05) is 0 Å². The van der Waals surface area contributed by atoms with Gasteiger partial charge in [0, 0.05) is 68.2 Å². The Hall–Kier alpha value is -17.4. The van der Waals surface area contributed by atoms with E-state index < -0.39 is 0 Å². The van der Waals surface area contributed by atoms with Gasteiger partial charge in [0.1, 0.15) is 0 Å². The smallest absolute Gasteiger partial charge is 0.0488 e. The predicted octanol–water partition coefficient (Wildman–Crippen LogP) is 36.2. The maximum atomic E-state index is 2.41. The molecule has 0 aliphatic heterocycles. The predicted molar refractivity (Wildman–Crippen MR) is 561 cm³/mol. The third kappa shape index (κ3) is 17.8. The van der Waals surface area contributed by atoms with E-state index in [-0.39, 0.29) is 0 Å². The summed E-state index contributed by atoms with van der Waals surface area (Å²) in [5.41, 5.74) is 36.3. The Balaban J connectivity index is 0.000000162. The van der Waals surface area contributed by atoms with Gasteiger partial charge in [-0.15, -0.1) is 0 Å². The zero-order valence-electron chi connectivity index (χ0n) is 72.9. The molecule has 0 aromatic heterocycles. The number of para-hydroxylation sites is 1. The number of anilines is 12. The molecule has 4 nitrogen and oxygen atoms in total. The minimum atomic E-state index is 1.04. The number of hydrogen-bond acceptors (Lipinski definition) is 4. The Morgan fingerprint density at radius 1 is 0.0909 bits per heavy atom. The molecule has 0 aliphatic carbocycles. The van der Waals surface area contributed by atoms with Crippen LogP contribution in [0.5, 0.6) is 0 Å². The molecule has 0 atom stereocenters. The molecule has 0 bridgehead atoms. The van der Waals surface area contributed by atoms with Gasteiger partial charge in [-0.2, -0.15) is 0 Å². The highest BCUT2D eigenvalue weighted by Crippen LogP contribution is 2.49. The standard InChI is InChI=1S/C70H50N2.C58H42N2/c1-5-16-51(17-6-1)55-28-30-56(31-29-55)60-38-46-66(47-39-60)72(65-44-36-59(37-45-65)54-22-11-4-12-23-54)68-49-62(70-27-15-25-61-24-13-14-26-69(61)70)48-67(50-68)71(63-40-32-57(33-41-63)52-18-7-2-8-19-52)64-42-34-58(35-43-64)53-20-9-3-10-21-53;1-5-16-43(17-6-1)46-28-34-52(35-29-46)59(51-24-11-4-12-25-51)55-40-50(58-27-15-23-49-22-13-14-26-57(49)58)41-56(42-55)60(53-36-30-47(31-37-53)44-18-7-2-8-19-44)54-38-32-48(33-39-54)45-20-9-3-10-21-45/h1-50H;1-42H. The third-order valence-corrected chi connectivity index (χ3v) is 24.9. The van der Waals surface area contributed by atoms with E-state index in [9.17, 15) is 0 Å². The number of rotatable bonds is 22. The lowest BCUT2D eigenvalue weighted by atomic mass is 9.96. The van der Waals surface area contributed by atoms with E-state index in [0.29, 0.717) is 0 Å². The van der Waals surface area contributed by atoms with E-state index in [1.54, 1.807) is 0 Å². The Morgan fingerprint density at radius 2 is 0.242 bits per heavy atom. The SMILES string of the molecule is c1ccc(-c2ccc(-c3ccc(N(c4ccc(-c5ccccc5)cc4)c4cc(-c5cccc6ccccc56)cc(N(c5ccc(-c6ccccc6)cc5)c5ccc(-c6ccccc6)cc5)c4)cc3)cc2)cc1.c1ccc(-c2ccc(N(c3ccccc3)c3cc(-c4cccc5ccccc45)cc(N(c4ccc(-c5ccccc5)cc4)c4ccc(-c5ccccc5)cc4)c3)cc2)cc1. The van der Waals surface area contributed by atoms with Crippen molar-refractivity contribution in [1.82, 2.24) is 0 Å². The lowest BCUT2D eigenvalue weighted by Crippen LogP contribution is -2.14. The van der Waals surface area contributed by atoms with Crippen molar-refractivity contribution in [1.29, 1.82) is 0 Å². The average molecular weight is 1690 g/mol. The highest BCUT2D eigenvalue weighted by atomic mass is 15.2. The highest BCUT2D eigenvalue weighted by molar-refractivity contribution is 6.02. The van der Waals surface area contributed by atoms with Crippen LogP contribution in [0.3, 0.4) is 0 Å². The fraction of sp³-hybridized carbons (Fsp3) is 0. The van der Waals surface area contributed by atoms with Crippen LogP contribution in [0.2, 0.25) is 0 Å². The zero-order valence-corrected chi connectivity index (χ0v) is 72.9. The molecule has 0 heterocycles. The molecule has 0 saturated carbocycles. The summed E-state index contributed by atoms with van der Waals surface area (Å²) in [7, 11) is 0. The van der Waals surface area contributed by atoms with Crippen molar-refractivity contribution in [3.8, 4) is 111 Å².